The van der Waals surface area contributed by atoms with Gasteiger partial charge in [-0.3, -0.25) is 4.79 Å². The van der Waals surface area contributed by atoms with Crippen LogP contribution in [0.25, 0.3) is 0 Å². The molecule has 2 fully saturated rings. The fraction of sp³-hybridized carbons (Fsp3) is 0.923. The van der Waals surface area contributed by atoms with Crippen molar-refractivity contribution in [1.82, 2.24) is 5.32 Å². The van der Waals surface area contributed by atoms with E-state index in [9.17, 15) is 4.79 Å². The molecule has 0 aromatic rings. The van der Waals surface area contributed by atoms with Crippen LogP contribution in [0.3, 0.4) is 0 Å². The molecule has 0 bridgehead atoms. The van der Waals surface area contributed by atoms with Gasteiger partial charge in [-0.1, -0.05) is 0 Å². The van der Waals surface area contributed by atoms with Crippen LogP contribution in [0.2, 0.25) is 0 Å². The summed E-state index contributed by atoms with van der Waals surface area (Å²) in [6, 6.07) is 0.217. The summed E-state index contributed by atoms with van der Waals surface area (Å²) in [5.74, 6) is 1.06. The molecule has 0 aromatic carbocycles. The van der Waals surface area contributed by atoms with Crippen molar-refractivity contribution < 1.29 is 9.53 Å². The Labute approximate surface area is 103 Å². The highest BCUT2D eigenvalue weighted by atomic mass is 16.5. The van der Waals surface area contributed by atoms with Crippen molar-refractivity contribution in [2.75, 3.05) is 13.2 Å². The van der Waals surface area contributed by atoms with Gasteiger partial charge in [0.05, 0.1) is 12.1 Å². The van der Waals surface area contributed by atoms with Gasteiger partial charge in [0.1, 0.15) is 0 Å². The van der Waals surface area contributed by atoms with Crippen LogP contribution >= 0.6 is 0 Å². The molecular weight excluding hydrogens is 216 g/mol. The van der Waals surface area contributed by atoms with Crippen molar-refractivity contribution in [3.8, 4) is 0 Å². The molecule has 1 amide bonds. The zero-order chi connectivity index (χ0) is 12.3. The predicted octanol–water partition coefficient (Wildman–Crippen LogP) is 1.05. The van der Waals surface area contributed by atoms with E-state index in [2.05, 4.69) is 5.32 Å². The Balaban J connectivity index is 1.77. The zero-order valence-electron chi connectivity index (χ0n) is 10.7. The van der Waals surface area contributed by atoms with Crippen LogP contribution in [0.4, 0.5) is 0 Å². The lowest BCUT2D eigenvalue weighted by molar-refractivity contribution is -0.127. The van der Waals surface area contributed by atoms with E-state index >= 15 is 0 Å². The smallest absolute Gasteiger partial charge is 0.223 e. The number of nitrogens with one attached hydrogen (secondary N) is 1. The number of hydrogen-bond acceptors (Lipinski definition) is 3. The first-order valence-electron chi connectivity index (χ1n) is 6.82. The molecule has 2 atom stereocenters. The van der Waals surface area contributed by atoms with E-state index in [1.54, 1.807) is 0 Å². The van der Waals surface area contributed by atoms with Gasteiger partial charge in [-0.25, -0.2) is 0 Å². The summed E-state index contributed by atoms with van der Waals surface area (Å²) in [6.07, 6.45) is 5.31. The highest BCUT2D eigenvalue weighted by Crippen LogP contribution is 2.28. The molecule has 0 spiro atoms. The summed E-state index contributed by atoms with van der Waals surface area (Å²) in [6.45, 7) is 3.57. The molecule has 17 heavy (non-hydrogen) atoms. The Hall–Kier alpha value is -0.610. The summed E-state index contributed by atoms with van der Waals surface area (Å²) in [4.78, 5) is 12.1. The average Bonchev–Trinajstić information content (AvgIpc) is 2.75. The molecule has 2 unspecified atom stereocenters. The van der Waals surface area contributed by atoms with Crippen molar-refractivity contribution in [2.24, 2.45) is 17.6 Å². The van der Waals surface area contributed by atoms with E-state index in [1.165, 1.54) is 0 Å². The third-order valence-electron chi connectivity index (χ3n) is 4.25. The van der Waals surface area contributed by atoms with Crippen LogP contribution in [-0.2, 0) is 9.53 Å². The maximum Gasteiger partial charge on any atom is 0.223 e. The molecule has 1 saturated heterocycles. The molecule has 0 aromatic heterocycles. The lowest BCUT2D eigenvalue weighted by atomic mass is 9.81. The minimum Gasteiger partial charge on any atom is -0.376 e. The fourth-order valence-corrected chi connectivity index (χ4v) is 2.88. The van der Waals surface area contributed by atoms with Gasteiger partial charge in [0, 0.05) is 12.5 Å². The second-order valence-corrected chi connectivity index (χ2v) is 5.43. The SMILES string of the molecule is CC1OCCC1NC(=O)C1CCC(CN)CC1. The quantitative estimate of drug-likeness (QED) is 0.775. The van der Waals surface area contributed by atoms with Gasteiger partial charge >= 0.3 is 0 Å². The van der Waals surface area contributed by atoms with Crippen molar-refractivity contribution in [1.29, 1.82) is 0 Å². The maximum absolute atomic E-state index is 12.1. The standard InChI is InChI=1S/C13H24N2O2/c1-9-12(6-7-17-9)15-13(16)11-4-2-10(8-14)3-5-11/h9-12H,2-8,14H2,1H3,(H,15,16). The monoisotopic (exact) mass is 240 g/mol. The number of ether oxygens (including phenoxy) is 1. The number of rotatable bonds is 3. The third kappa shape index (κ3) is 3.19. The molecule has 4 nitrogen and oxygen atoms in total. The zero-order valence-corrected chi connectivity index (χ0v) is 10.7. The molecule has 2 aliphatic rings. The van der Waals surface area contributed by atoms with Crippen molar-refractivity contribution in [3.63, 3.8) is 0 Å². The van der Waals surface area contributed by atoms with Crippen LogP contribution in [0.1, 0.15) is 39.0 Å². The molecule has 3 N–H and O–H groups in total. The molecule has 1 saturated carbocycles. The summed E-state index contributed by atoms with van der Waals surface area (Å²) in [5.41, 5.74) is 5.66. The first-order valence-corrected chi connectivity index (χ1v) is 6.82. The van der Waals surface area contributed by atoms with Gasteiger partial charge in [0.2, 0.25) is 5.91 Å². The topological polar surface area (TPSA) is 64.3 Å². The van der Waals surface area contributed by atoms with Gasteiger partial charge in [0.25, 0.3) is 0 Å². The predicted molar refractivity (Wildman–Crippen MR) is 66.5 cm³/mol. The summed E-state index contributed by atoms with van der Waals surface area (Å²) < 4.78 is 5.46. The van der Waals surface area contributed by atoms with Gasteiger partial charge in [-0.05, 0) is 51.5 Å². The number of carbonyl (C=O) groups excluding carboxylic acids is 1. The first kappa shape index (κ1) is 12.8. The highest BCUT2D eigenvalue weighted by molar-refractivity contribution is 5.79. The van der Waals surface area contributed by atoms with Gasteiger partial charge in [0.15, 0.2) is 0 Å². The second kappa shape index (κ2) is 5.83. The summed E-state index contributed by atoms with van der Waals surface area (Å²) in [7, 11) is 0. The normalized spacial score (nSPS) is 38.0. The lowest BCUT2D eigenvalue weighted by Crippen LogP contribution is -2.43. The van der Waals surface area contributed by atoms with Crippen LogP contribution in [-0.4, -0.2) is 31.2 Å². The van der Waals surface area contributed by atoms with E-state index in [4.69, 9.17) is 10.5 Å². The minimum absolute atomic E-state index is 0.166. The van der Waals surface area contributed by atoms with Crippen LogP contribution in [0.15, 0.2) is 0 Å². The fourth-order valence-electron chi connectivity index (χ4n) is 2.88. The Kier molecular flexibility index (Phi) is 4.40. The van der Waals surface area contributed by atoms with Crippen LogP contribution < -0.4 is 11.1 Å². The third-order valence-corrected chi connectivity index (χ3v) is 4.25. The van der Waals surface area contributed by atoms with Crippen molar-refractivity contribution >= 4 is 5.91 Å². The number of amides is 1. The minimum atomic E-state index is 0.166. The Morgan fingerprint density at radius 3 is 2.53 bits per heavy atom. The van der Waals surface area contributed by atoms with Crippen molar-refractivity contribution in [3.05, 3.63) is 0 Å². The number of nitrogens with two attached hydrogens (primary N) is 1. The molecule has 2 rings (SSSR count). The number of hydrogen-bond donors (Lipinski definition) is 2. The average molecular weight is 240 g/mol. The molecule has 1 aliphatic heterocycles. The largest absolute Gasteiger partial charge is 0.376 e. The maximum atomic E-state index is 12.1. The van der Waals surface area contributed by atoms with E-state index in [1.807, 2.05) is 6.92 Å². The Bertz CT molecular complexity index is 262. The van der Waals surface area contributed by atoms with Gasteiger partial charge in [-0.2, -0.15) is 0 Å². The Morgan fingerprint density at radius 2 is 2.00 bits per heavy atom. The summed E-state index contributed by atoms with van der Waals surface area (Å²) in [5, 5.41) is 3.14. The van der Waals surface area contributed by atoms with Crippen molar-refractivity contribution in [2.45, 2.75) is 51.2 Å². The molecule has 98 valence electrons. The summed E-state index contributed by atoms with van der Waals surface area (Å²) >= 11 is 0. The molecular formula is C13H24N2O2. The number of carbonyl (C=O) groups is 1. The van der Waals surface area contributed by atoms with E-state index in [0.717, 1.165) is 45.3 Å². The van der Waals surface area contributed by atoms with Gasteiger partial charge in [-0.15, -0.1) is 0 Å². The molecule has 4 heteroatoms. The van der Waals surface area contributed by atoms with E-state index in [-0.39, 0.29) is 24.0 Å². The van der Waals surface area contributed by atoms with Crippen LogP contribution in [0.5, 0.6) is 0 Å². The van der Waals surface area contributed by atoms with Gasteiger partial charge < -0.3 is 15.8 Å². The van der Waals surface area contributed by atoms with E-state index < -0.39 is 0 Å². The lowest BCUT2D eigenvalue weighted by Gasteiger charge is -2.28. The second-order valence-electron chi connectivity index (χ2n) is 5.43. The molecule has 1 aliphatic carbocycles. The molecule has 0 radical (unpaired) electrons. The first-order chi connectivity index (χ1) is 8.20. The Morgan fingerprint density at radius 1 is 1.29 bits per heavy atom. The van der Waals surface area contributed by atoms with E-state index in [0.29, 0.717) is 5.92 Å². The highest BCUT2D eigenvalue weighted by Gasteiger charge is 2.30. The molecule has 1 heterocycles. The van der Waals surface area contributed by atoms with Crippen LogP contribution in [0, 0.1) is 11.8 Å².